The van der Waals surface area contributed by atoms with Gasteiger partial charge in [0.15, 0.2) is 0 Å². The van der Waals surface area contributed by atoms with Gasteiger partial charge in [-0.3, -0.25) is 0 Å². The molecule has 1 aromatic carbocycles. The highest BCUT2D eigenvalue weighted by atomic mass is 19.1. The smallest absolute Gasteiger partial charge is 0.129 e. The van der Waals surface area contributed by atoms with Gasteiger partial charge >= 0.3 is 0 Å². The van der Waals surface area contributed by atoms with Crippen LogP contribution in [0.15, 0.2) is 18.2 Å². The number of halogens is 1. The summed E-state index contributed by atoms with van der Waals surface area (Å²) >= 11 is 0. The number of benzene rings is 1. The average Bonchev–Trinajstić information content (AvgIpc) is 2.40. The van der Waals surface area contributed by atoms with Crippen LogP contribution in [0, 0.1) is 5.82 Å². The minimum atomic E-state index is -0.122. The van der Waals surface area contributed by atoms with Crippen molar-refractivity contribution in [2.75, 3.05) is 39.1 Å². The molecule has 1 aliphatic rings. The Hall–Kier alpha value is -1.13. The predicted octanol–water partition coefficient (Wildman–Crippen LogP) is 2.08. The lowest BCUT2D eigenvalue weighted by Crippen LogP contribution is -2.45. The van der Waals surface area contributed by atoms with E-state index < -0.39 is 0 Å². The van der Waals surface area contributed by atoms with Gasteiger partial charge < -0.3 is 15.1 Å². The van der Waals surface area contributed by atoms with Crippen LogP contribution in [0.5, 0.6) is 0 Å². The van der Waals surface area contributed by atoms with Crippen LogP contribution in [0.25, 0.3) is 0 Å². The molecule has 0 aromatic heterocycles. The van der Waals surface area contributed by atoms with Crippen molar-refractivity contribution in [2.45, 2.75) is 25.4 Å². The molecule has 1 unspecified atom stereocenters. The maximum Gasteiger partial charge on any atom is 0.129 e. The minimum absolute atomic E-state index is 0.122. The summed E-state index contributed by atoms with van der Waals surface area (Å²) in [4.78, 5) is 4.59. The molecule has 0 radical (unpaired) electrons. The molecule has 19 heavy (non-hydrogen) atoms. The van der Waals surface area contributed by atoms with Gasteiger partial charge in [-0.15, -0.1) is 0 Å². The van der Waals surface area contributed by atoms with Gasteiger partial charge in [0, 0.05) is 37.4 Å². The molecule has 0 spiro atoms. The van der Waals surface area contributed by atoms with E-state index in [1.807, 2.05) is 13.1 Å². The Labute approximate surface area is 115 Å². The molecule has 1 heterocycles. The van der Waals surface area contributed by atoms with Crippen molar-refractivity contribution >= 4 is 5.69 Å². The zero-order chi connectivity index (χ0) is 13.8. The van der Waals surface area contributed by atoms with Gasteiger partial charge in [-0.2, -0.15) is 0 Å². The van der Waals surface area contributed by atoms with Gasteiger partial charge in [0.1, 0.15) is 5.82 Å². The van der Waals surface area contributed by atoms with Gasteiger partial charge in [-0.05, 0) is 45.6 Å². The number of nitrogens with zero attached hydrogens (tertiary/aromatic N) is 2. The second kappa shape index (κ2) is 6.35. The zero-order valence-electron chi connectivity index (χ0n) is 12.1. The molecule has 0 amide bonds. The Morgan fingerprint density at radius 3 is 2.95 bits per heavy atom. The van der Waals surface area contributed by atoms with Crippen molar-refractivity contribution in [3.8, 4) is 0 Å². The van der Waals surface area contributed by atoms with Crippen LogP contribution >= 0.6 is 0 Å². The molecule has 2 rings (SSSR count). The van der Waals surface area contributed by atoms with Gasteiger partial charge in [-0.1, -0.05) is 6.07 Å². The summed E-state index contributed by atoms with van der Waals surface area (Å²) in [5.74, 6) is -0.122. The molecule has 1 aromatic rings. The van der Waals surface area contributed by atoms with Gasteiger partial charge in [0.05, 0.1) is 0 Å². The predicted molar refractivity (Wildman–Crippen MR) is 78.1 cm³/mol. The molecule has 0 bridgehead atoms. The highest BCUT2D eigenvalue weighted by Gasteiger charge is 2.23. The molecular weight excluding hydrogens is 241 g/mol. The van der Waals surface area contributed by atoms with Crippen LogP contribution in [0.1, 0.15) is 18.4 Å². The molecule has 4 heteroatoms. The Kier molecular flexibility index (Phi) is 4.77. The van der Waals surface area contributed by atoms with Crippen LogP contribution in [0.2, 0.25) is 0 Å². The van der Waals surface area contributed by atoms with Crippen molar-refractivity contribution < 1.29 is 4.39 Å². The van der Waals surface area contributed by atoms with Gasteiger partial charge in [0.2, 0.25) is 0 Å². The average molecular weight is 265 g/mol. The molecule has 3 nitrogen and oxygen atoms in total. The van der Waals surface area contributed by atoms with E-state index in [2.05, 4.69) is 29.2 Å². The first-order valence-corrected chi connectivity index (χ1v) is 6.97. The third-order valence-electron chi connectivity index (χ3n) is 3.97. The number of rotatable bonds is 4. The number of piperidine rings is 1. The molecule has 1 atom stereocenters. The van der Waals surface area contributed by atoms with E-state index in [4.69, 9.17) is 0 Å². The first-order chi connectivity index (χ1) is 9.13. The number of nitrogens with one attached hydrogen (secondary N) is 1. The van der Waals surface area contributed by atoms with E-state index in [1.165, 1.54) is 18.9 Å². The van der Waals surface area contributed by atoms with E-state index >= 15 is 0 Å². The highest BCUT2D eigenvalue weighted by Crippen LogP contribution is 2.26. The summed E-state index contributed by atoms with van der Waals surface area (Å²) in [6.07, 6.45) is 2.39. The molecule has 0 aliphatic carbocycles. The largest absolute Gasteiger partial charge is 0.370 e. The number of likely N-dealkylation sites (tertiary alicyclic amines) is 1. The fraction of sp³-hybridized carbons (Fsp3) is 0.600. The first kappa shape index (κ1) is 14.3. The fourth-order valence-electron chi connectivity index (χ4n) is 2.88. The van der Waals surface area contributed by atoms with E-state index in [9.17, 15) is 4.39 Å². The number of hydrogen-bond acceptors (Lipinski definition) is 3. The Morgan fingerprint density at radius 1 is 1.47 bits per heavy atom. The van der Waals surface area contributed by atoms with Crippen LogP contribution in [-0.2, 0) is 6.54 Å². The molecule has 0 saturated carbocycles. The van der Waals surface area contributed by atoms with E-state index in [-0.39, 0.29) is 5.82 Å². The standard InChI is InChI=1S/C15H24FN3/c1-17-10-13-14(16)7-4-8-15(13)19(3)12-6-5-9-18(2)11-12/h4,7-8,12,17H,5-6,9-11H2,1-3H3. The molecule has 106 valence electrons. The third kappa shape index (κ3) is 3.25. The van der Waals surface area contributed by atoms with E-state index in [0.29, 0.717) is 12.6 Å². The highest BCUT2D eigenvalue weighted by molar-refractivity contribution is 5.54. The van der Waals surface area contributed by atoms with Gasteiger partial charge in [0.25, 0.3) is 0 Å². The van der Waals surface area contributed by atoms with Crippen LogP contribution in [0.3, 0.4) is 0 Å². The van der Waals surface area contributed by atoms with Gasteiger partial charge in [-0.25, -0.2) is 4.39 Å². The third-order valence-corrected chi connectivity index (χ3v) is 3.97. The summed E-state index contributed by atoms with van der Waals surface area (Å²) in [5.41, 5.74) is 1.77. The number of hydrogen-bond donors (Lipinski definition) is 1. The first-order valence-electron chi connectivity index (χ1n) is 6.97. The van der Waals surface area contributed by atoms with E-state index in [0.717, 1.165) is 24.3 Å². The van der Waals surface area contributed by atoms with Crippen molar-refractivity contribution in [3.05, 3.63) is 29.6 Å². The summed E-state index contributed by atoms with van der Waals surface area (Å²) in [6, 6.07) is 5.82. The Morgan fingerprint density at radius 2 is 2.26 bits per heavy atom. The monoisotopic (exact) mass is 265 g/mol. The molecular formula is C15H24FN3. The second-order valence-corrected chi connectivity index (χ2v) is 5.44. The molecule has 1 saturated heterocycles. The van der Waals surface area contributed by atoms with Crippen LogP contribution < -0.4 is 10.2 Å². The quantitative estimate of drug-likeness (QED) is 0.899. The molecule has 1 fully saturated rings. The molecule has 1 aliphatic heterocycles. The minimum Gasteiger partial charge on any atom is -0.370 e. The van der Waals surface area contributed by atoms with Crippen LogP contribution in [0.4, 0.5) is 10.1 Å². The summed E-state index contributed by atoms with van der Waals surface area (Å²) in [6.45, 7) is 2.78. The van der Waals surface area contributed by atoms with Crippen LogP contribution in [-0.4, -0.2) is 45.2 Å². The summed E-state index contributed by atoms with van der Waals surface area (Å²) in [5, 5.41) is 3.05. The normalized spacial score (nSPS) is 20.5. The number of likely N-dealkylation sites (N-methyl/N-ethyl adjacent to an activating group) is 2. The second-order valence-electron chi connectivity index (χ2n) is 5.44. The lowest BCUT2D eigenvalue weighted by atomic mass is 10.0. The fourth-order valence-corrected chi connectivity index (χ4v) is 2.88. The maximum absolute atomic E-state index is 14.0. The number of anilines is 1. The van der Waals surface area contributed by atoms with E-state index in [1.54, 1.807) is 6.07 Å². The Balaban J connectivity index is 2.22. The molecule has 1 N–H and O–H groups in total. The zero-order valence-corrected chi connectivity index (χ0v) is 12.1. The van der Waals surface area contributed by atoms with Crippen molar-refractivity contribution in [1.82, 2.24) is 10.2 Å². The summed E-state index contributed by atoms with van der Waals surface area (Å²) in [7, 11) is 6.09. The lowest BCUT2D eigenvalue weighted by Gasteiger charge is -2.38. The topological polar surface area (TPSA) is 18.5 Å². The van der Waals surface area contributed by atoms with Crippen molar-refractivity contribution in [1.29, 1.82) is 0 Å². The Bertz CT molecular complexity index is 422. The lowest BCUT2D eigenvalue weighted by molar-refractivity contribution is 0.247. The van der Waals surface area contributed by atoms with Crippen molar-refractivity contribution in [2.24, 2.45) is 0 Å². The summed E-state index contributed by atoms with van der Waals surface area (Å²) < 4.78 is 14.0. The maximum atomic E-state index is 14.0. The van der Waals surface area contributed by atoms with Crippen molar-refractivity contribution in [3.63, 3.8) is 0 Å². The SMILES string of the molecule is CNCc1c(F)cccc1N(C)C1CCCN(C)C1.